The summed E-state index contributed by atoms with van der Waals surface area (Å²) in [6.07, 6.45) is 0.645. The minimum Gasteiger partial charge on any atom is -0.465 e. The van der Waals surface area contributed by atoms with Crippen LogP contribution in [0.4, 0.5) is 5.69 Å². The molecule has 0 bridgehead atoms. The second-order valence-electron chi connectivity index (χ2n) is 12.2. The summed E-state index contributed by atoms with van der Waals surface area (Å²) in [5.41, 5.74) is 3.21. The molecule has 0 spiro atoms. The maximum Gasteiger partial charge on any atom is 0.324 e. The molecule has 0 saturated carbocycles. The normalized spacial score (nSPS) is 28.9. The van der Waals surface area contributed by atoms with Gasteiger partial charge < -0.3 is 18.9 Å². The lowest BCUT2D eigenvalue weighted by Gasteiger charge is -2.33. The van der Waals surface area contributed by atoms with E-state index in [1.54, 1.807) is 12.1 Å². The van der Waals surface area contributed by atoms with Crippen molar-refractivity contribution < 1.29 is 33.3 Å². The minimum absolute atomic E-state index is 0.0430. The number of likely N-dealkylation sites (tertiary alicyclic amines) is 1. The van der Waals surface area contributed by atoms with Crippen LogP contribution < -0.4 is 4.90 Å². The molecule has 0 aromatic heterocycles. The van der Waals surface area contributed by atoms with E-state index >= 15 is 0 Å². The van der Waals surface area contributed by atoms with E-state index in [0.717, 1.165) is 16.7 Å². The summed E-state index contributed by atoms with van der Waals surface area (Å²) in [6, 6.07) is 24.5. The quantitative estimate of drug-likeness (QED) is 0.292. The molecule has 3 aromatic carbocycles. The van der Waals surface area contributed by atoms with Gasteiger partial charge in [0.25, 0.3) is 0 Å². The highest BCUT2D eigenvalue weighted by Gasteiger charge is 2.66. The van der Waals surface area contributed by atoms with Crippen molar-refractivity contribution in [2.24, 2.45) is 11.8 Å². The molecule has 0 radical (unpaired) electrons. The fourth-order valence-electron chi connectivity index (χ4n) is 6.80. The van der Waals surface area contributed by atoms with Crippen molar-refractivity contribution in [2.45, 2.75) is 64.2 Å². The first-order valence-corrected chi connectivity index (χ1v) is 14.9. The van der Waals surface area contributed by atoms with Gasteiger partial charge in [-0.25, -0.2) is 4.90 Å². The molecule has 9 heteroatoms. The number of ether oxygens (including phenoxy) is 4. The molecule has 44 heavy (non-hydrogen) atoms. The molecular weight excluding hydrogens is 560 g/mol. The van der Waals surface area contributed by atoms with Gasteiger partial charge in [0.15, 0.2) is 5.79 Å². The number of fused-ring (bicyclic) bond motifs is 2. The summed E-state index contributed by atoms with van der Waals surface area (Å²) in [5, 5.41) is 0. The highest BCUT2D eigenvalue weighted by Crippen LogP contribution is 2.50. The van der Waals surface area contributed by atoms with Gasteiger partial charge in [0.2, 0.25) is 18.1 Å². The molecule has 2 amide bonds. The molecule has 3 fully saturated rings. The molecule has 3 aromatic rings. The Labute approximate surface area is 255 Å². The third kappa shape index (κ3) is 5.00. The van der Waals surface area contributed by atoms with Gasteiger partial charge >= 0.3 is 5.97 Å². The van der Waals surface area contributed by atoms with Crippen LogP contribution in [0.5, 0.6) is 0 Å². The molecule has 3 saturated heterocycles. The maximum absolute atomic E-state index is 14.3. The topological polar surface area (TPSA) is 94.6 Å². The van der Waals surface area contributed by atoms with Gasteiger partial charge in [-0.05, 0) is 50.1 Å². The van der Waals surface area contributed by atoms with Crippen LogP contribution in [0.25, 0.3) is 0 Å². The summed E-state index contributed by atoms with van der Waals surface area (Å²) < 4.78 is 24.2. The average molecular weight is 595 g/mol. The Hall–Kier alpha value is -4.31. The monoisotopic (exact) mass is 594 g/mol. The summed E-state index contributed by atoms with van der Waals surface area (Å²) in [6.45, 7) is 5.90. The predicted molar refractivity (Wildman–Crippen MR) is 159 cm³/mol. The number of nitrogens with zero attached hydrogens (tertiary/aromatic N) is 2. The van der Waals surface area contributed by atoms with Crippen molar-refractivity contribution in [3.63, 3.8) is 0 Å². The first kappa shape index (κ1) is 28.5. The predicted octanol–water partition coefficient (Wildman–Crippen LogP) is 4.49. The summed E-state index contributed by atoms with van der Waals surface area (Å²) in [5.74, 6) is -3.63. The second kappa shape index (κ2) is 11.0. The van der Waals surface area contributed by atoms with Gasteiger partial charge in [-0.1, -0.05) is 78.4 Å². The molecule has 4 aliphatic heterocycles. The molecule has 226 valence electrons. The Bertz CT molecular complexity index is 1600. The largest absolute Gasteiger partial charge is 0.465 e. The van der Waals surface area contributed by atoms with Gasteiger partial charge in [0.1, 0.15) is 24.5 Å². The SMILES string of the molecule is Cc1ccc(N2C(=O)C3C(C2=O)[C@@H](C2=C[C@H]4OC(C)(C)O[C@H]4O2)N(Cc2ccccc2)[C@@H]3C(=O)OCc2ccccc2)cc1. The van der Waals surface area contributed by atoms with E-state index in [1.165, 1.54) is 4.90 Å². The number of hydrogen-bond donors (Lipinski definition) is 0. The molecule has 7 rings (SSSR count). The molecular formula is C35H34N2O7. The zero-order valence-electron chi connectivity index (χ0n) is 24.8. The van der Waals surface area contributed by atoms with E-state index in [4.69, 9.17) is 18.9 Å². The number of carbonyl (C=O) groups excluding carboxylic acids is 3. The van der Waals surface area contributed by atoms with Crippen LogP contribution >= 0.6 is 0 Å². The van der Waals surface area contributed by atoms with E-state index in [2.05, 4.69) is 0 Å². The fraction of sp³-hybridized carbons (Fsp3) is 0.343. The zero-order chi connectivity index (χ0) is 30.6. The van der Waals surface area contributed by atoms with Gasteiger partial charge in [0.05, 0.1) is 23.6 Å². The van der Waals surface area contributed by atoms with E-state index in [0.29, 0.717) is 11.4 Å². The van der Waals surface area contributed by atoms with Crippen LogP contribution in [0.15, 0.2) is 96.8 Å². The first-order valence-electron chi connectivity index (χ1n) is 14.9. The molecule has 4 heterocycles. The number of carbonyl (C=O) groups is 3. The Morgan fingerprint density at radius 1 is 0.841 bits per heavy atom. The Morgan fingerprint density at radius 3 is 2.14 bits per heavy atom. The second-order valence-corrected chi connectivity index (χ2v) is 12.2. The van der Waals surface area contributed by atoms with Crippen LogP contribution in [0.1, 0.15) is 30.5 Å². The van der Waals surface area contributed by atoms with Crippen LogP contribution in [0.2, 0.25) is 0 Å². The summed E-state index contributed by atoms with van der Waals surface area (Å²) >= 11 is 0. The van der Waals surface area contributed by atoms with Crippen molar-refractivity contribution in [1.82, 2.24) is 4.90 Å². The van der Waals surface area contributed by atoms with Crippen LogP contribution in [0, 0.1) is 18.8 Å². The lowest BCUT2D eigenvalue weighted by Crippen LogP contribution is -2.49. The molecule has 0 aliphatic carbocycles. The number of aryl methyl sites for hydroxylation is 1. The number of anilines is 1. The molecule has 2 unspecified atom stereocenters. The highest BCUT2D eigenvalue weighted by atomic mass is 16.8. The highest BCUT2D eigenvalue weighted by molar-refractivity contribution is 6.23. The lowest BCUT2D eigenvalue weighted by molar-refractivity contribution is -0.184. The van der Waals surface area contributed by atoms with E-state index < -0.39 is 54.0 Å². The van der Waals surface area contributed by atoms with Crippen LogP contribution in [-0.4, -0.2) is 52.9 Å². The third-order valence-electron chi connectivity index (χ3n) is 8.72. The van der Waals surface area contributed by atoms with Crippen molar-refractivity contribution in [2.75, 3.05) is 4.90 Å². The molecule has 9 nitrogen and oxygen atoms in total. The van der Waals surface area contributed by atoms with Gasteiger partial charge in [-0.2, -0.15) is 0 Å². The number of esters is 1. The van der Waals surface area contributed by atoms with Crippen molar-refractivity contribution in [1.29, 1.82) is 0 Å². The first-order chi connectivity index (χ1) is 21.2. The number of benzene rings is 3. The number of imide groups is 1. The van der Waals surface area contributed by atoms with E-state index in [1.807, 2.05) is 105 Å². The number of hydrogen-bond acceptors (Lipinski definition) is 8. The zero-order valence-corrected chi connectivity index (χ0v) is 24.8. The molecule has 0 N–H and O–H groups in total. The van der Waals surface area contributed by atoms with Crippen molar-refractivity contribution >= 4 is 23.5 Å². The van der Waals surface area contributed by atoms with Crippen LogP contribution in [0.3, 0.4) is 0 Å². The standard InChI is InChI=1S/C35H34N2O7/c1-21-14-16-24(17-15-21)37-31(38)27-28(32(37)39)30(33(40)41-20-23-12-8-5-9-13-23)36(19-22-10-6-4-7-11-22)29(27)25-18-26-34(42-25)44-35(2,3)43-26/h4-18,26-30,34H,19-20H2,1-3H3/t26-,27?,28?,29-,30+,34-/m1/s1. The van der Waals surface area contributed by atoms with E-state index in [-0.39, 0.29) is 19.1 Å². The third-order valence-corrected chi connectivity index (χ3v) is 8.72. The van der Waals surface area contributed by atoms with Gasteiger partial charge in [-0.15, -0.1) is 0 Å². The Balaban J connectivity index is 1.30. The fourth-order valence-corrected chi connectivity index (χ4v) is 6.80. The Kier molecular flexibility index (Phi) is 7.11. The molecule has 4 aliphatic rings. The van der Waals surface area contributed by atoms with Gasteiger partial charge in [-0.3, -0.25) is 19.3 Å². The average Bonchev–Trinajstić information content (AvgIpc) is 3.69. The van der Waals surface area contributed by atoms with Crippen molar-refractivity contribution in [3.05, 3.63) is 113 Å². The number of amides is 2. The number of rotatable bonds is 7. The smallest absolute Gasteiger partial charge is 0.324 e. The summed E-state index contributed by atoms with van der Waals surface area (Å²) in [7, 11) is 0. The van der Waals surface area contributed by atoms with Crippen molar-refractivity contribution in [3.8, 4) is 0 Å². The van der Waals surface area contributed by atoms with E-state index in [9.17, 15) is 14.4 Å². The summed E-state index contributed by atoms with van der Waals surface area (Å²) in [4.78, 5) is 45.8. The minimum atomic E-state index is -1.04. The lowest BCUT2D eigenvalue weighted by atomic mass is 9.88. The van der Waals surface area contributed by atoms with Crippen LogP contribution in [-0.2, 0) is 46.5 Å². The molecule has 6 atom stereocenters. The Morgan fingerprint density at radius 2 is 1.48 bits per heavy atom. The maximum atomic E-state index is 14.3. The van der Waals surface area contributed by atoms with Gasteiger partial charge in [0, 0.05) is 6.54 Å².